The molecule has 32 heavy (non-hydrogen) atoms. The molecule has 1 aliphatic heterocycles. The number of fused-ring (bicyclic) bond motifs is 1. The summed E-state index contributed by atoms with van der Waals surface area (Å²) in [7, 11) is 1.56. The minimum absolute atomic E-state index is 0.132. The number of urea groups is 1. The molecule has 1 N–H and O–H groups in total. The van der Waals surface area contributed by atoms with E-state index in [0.717, 1.165) is 21.2 Å². The molecule has 0 aliphatic carbocycles. The lowest BCUT2D eigenvalue weighted by Crippen LogP contribution is -2.41. The summed E-state index contributed by atoms with van der Waals surface area (Å²) < 4.78 is 10.7. The molecule has 2 heterocycles. The lowest BCUT2D eigenvalue weighted by Gasteiger charge is -2.23. The van der Waals surface area contributed by atoms with Crippen LogP contribution in [0.2, 0.25) is 0 Å². The maximum absolute atomic E-state index is 13.4. The van der Waals surface area contributed by atoms with Gasteiger partial charge in [-0.25, -0.2) is 4.79 Å². The van der Waals surface area contributed by atoms with Gasteiger partial charge in [-0.1, -0.05) is 59.8 Å². The van der Waals surface area contributed by atoms with Crippen molar-refractivity contribution in [1.82, 2.24) is 20.4 Å². The van der Waals surface area contributed by atoms with E-state index in [-0.39, 0.29) is 18.3 Å². The first-order valence-corrected chi connectivity index (χ1v) is 10.1. The summed E-state index contributed by atoms with van der Waals surface area (Å²) in [5, 5.41) is 8.73. The number of carbonyl (C=O) groups is 2. The number of nitrogens with one attached hydrogen (secondary N) is 1. The average molecular weight is 428 g/mol. The summed E-state index contributed by atoms with van der Waals surface area (Å²) in [6, 6.07) is 20.2. The number of methoxy groups -OCH3 is 1. The minimum atomic E-state index is -1.20. The average Bonchev–Trinajstić information content (AvgIpc) is 3.37. The number of ether oxygens (including phenoxy) is 1. The molecule has 1 atom stereocenters. The summed E-state index contributed by atoms with van der Waals surface area (Å²) >= 11 is 0. The summed E-state index contributed by atoms with van der Waals surface area (Å²) in [6.07, 6.45) is 0. The highest BCUT2D eigenvalue weighted by atomic mass is 16.5. The first-order chi connectivity index (χ1) is 15.5. The van der Waals surface area contributed by atoms with Crippen molar-refractivity contribution >= 4 is 22.7 Å². The Morgan fingerprint density at radius 1 is 1.03 bits per heavy atom. The Morgan fingerprint density at radius 2 is 1.78 bits per heavy atom. The number of nitrogens with zero attached hydrogens (tertiary/aromatic N) is 3. The van der Waals surface area contributed by atoms with Crippen LogP contribution in [0.5, 0.6) is 5.75 Å². The predicted molar refractivity (Wildman–Crippen MR) is 117 cm³/mol. The van der Waals surface area contributed by atoms with Crippen molar-refractivity contribution < 1.29 is 18.8 Å². The lowest BCUT2D eigenvalue weighted by molar-refractivity contribution is -0.131. The monoisotopic (exact) mass is 428 g/mol. The van der Waals surface area contributed by atoms with Crippen molar-refractivity contribution in [3.63, 3.8) is 0 Å². The van der Waals surface area contributed by atoms with E-state index < -0.39 is 11.6 Å². The number of hydrogen-bond donors (Lipinski definition) is 1. The predicted octanol–water partition coefficient (Wildman–Crippen LogP) is 3.87. The zero-order valence-electron chi connectivity index (χ0n) is 17.5. The number of para-hydroxylation sites is 1. The molecule has 4 aromatic rings. The highest BCUT2D eigenvalue weighted by molar-refractivity contribution is 6.09. The quantitative estimate of drug-likeness (QED) is 0.485. The Bertz CT molecular complexity index is 1340. The zero-order valence-corrected chi connectivity index (χ0v) is 17.5. The molecule has 1 aromatic heterocycles. The van der Waals surface area contributed by atoms with Gasteiger partial charge in [-0.15, -0.1) is 0 Å². The largest absolute Gasteiger partial charge is 0.496 e. The maximum Gasteiger partial charge on any atom is 0.325 e. The Labute approximate surface area is 183 Å². The van der Waals surface area contributed by atoms with Crippen LogP contribution in [0.3, 0.4) is 0 Å². The van der Waals surface area contributed by atoms with Crippen LogP contribution in [0, 0.1) is 0 Å². The van der Waals surface area contributed by atoms with E-state index in [1.54, 1.807) is 26.2 Å². The molecule has 1 saturated heterocycles. The van der Waals surface area contributed by atoms with Crippen LogP contribution in [0.4, 0.5) is 4.79 Å². The van der Waals surface area contributed by atoms with E-state index in [1.165, 1.54) is 0 Å². The van der Waals surface area contributed by atoms with E-state index in [0.29, 0.717) is 17.1 Å². The molecule has 8 nitrogen and oxygen atoms in total. The van der Waals surface area contributed by atoms with Crippen molar-refractivity contribution in [3.8, 4) is 17.1 Å². The van der Waals surface area contributed by atoms with Crippen LogP contribution in [0.25, 0.3) is 22.2 Å². The normalized spacial score (nSPS) is 18.2. The highest BCUT2D eigenvalue weighted by Crippen LogP contribution is 2.34. The molecule has 0 radical (unpaired) electrons. The molecule has 0 bridgehead atoms. The number of rotatable bonds is 5. The van der Waals surface area contributed by atoms with Crippen molar-refractivity contribution in [1.29, 1.82) is 0 Å². The topological polar surface area (TPSA) is 97.6 Å². The smallest absolute Gasteiger partial charge is 0.325 e. The van der Waals surface area contributed by atoms with Crippen molar-refractivity contribution in [2.75, 3.05) is 7.11 Å². The van der Waals surface area contributed by atoms with Crippen LogP contribution < -0.4 is 10.1 Å². The van der Waals surface area contributed by atoms with Gasteiger partial charge in [0.1, 0.15) is 17.8 Å². The zero-order chi connectivity index (χ0) is 22.3. The highest BCUT2D eigenvalue weighted by Gasteiger charge is 2.50. The summed E-state index contributed by atoms with van der Waals surface area (Å²) in [4.78, 5) is 31.6. The number of benzene rings is 3. The first kappa shape index (κ1) is 19.7. The van der Waals surface area contributed by atoms with Gasteiger partial charge in [-0.2, -0.15) is 4.98 Å². The Morgan fingerprint density at radius 3 is 2.62 bits per heavy atom. The van der Waals surface area contributed by atoms with E-state index in [1.807, 2.05) is 54.6 Å². The third-order valence-electron chi connectivity index (χ3n) is 5.71. The van der Waals surface area contributed by atoms with Crippen LogP contribution in [0.15, 0.2) is 71.3 Å². The standard InChI is InChI=1S/C24H20N4O4/c1-24(18-12-7-9-15-8-3-4-10-16(15)18)22(29)28(23(30)26-24)14-20-25-21(27-32-20)17-11-5-6-13-19(17)31-2/h3-13H,14H2,1-2H3,(H,26,30). The molecule has 0 saturated carbocycles. The molecule has 1 unspecified atom stereocenters. The van der Waals surface area contributed by atoms with Gasteiger partial charge in [0, 0.05) is 0 Å². The van der Waals surface area contributed by atoms with Gasteiger partial charge in [0.25, 0.3) is 5.91 Å². The Kier molecular flexibility index (Phi) is 4.62. The van der Waals surface area contributed by atoms with Crippen LogP contribution in [-0.4, -0.2) is 34.1 Å². The number of carbonyl (C=O) groups excluding carboxylic acids is 2. The first-order valence-electron chi connectivity index (χ1n) is 10.1. The third-order valence-corrected chi connectivity index (χ3v) is 5.71. The fraction of sp³-hybridized carbons (Fsp3) is 0.167. The summed E-state index contributed by atoms with van der Waals surface area (Å²) in [5.41, 5.74) is 0.183. The van der Waals surface area contributed by atoms with Gasteiger partial charge in [0.05, 0.1) is 12.7 Å². The Hall–Kier alpha value is -4.20. The molecule has 3 amide bonds. The fourth-order valence-corrected chi connectivity index (χ4v) is 4.08. The summed E-state index contributed by atoms with van der Waals surface area (Å²) in [5.74, 6) is 0.687. The molecule has 3 aromatic carbocycles. The lowest BCUT2D eigenvalue weighted by atomic mass is 9.88. The third kappa shape index (κ3) is 3.08. The van der Waals surface area contributed by atoms with E-state index in [2.05, 4.69) is 15.5 Å². The SMILES string of the molecule is COc1ccccc1-c1noc(CN2C(=O)NC(C)(c3cccc4ccccc34)C2=O)n1. The molecule has 0 spiro atoms. The second-order valence-electron chi connectivity index (χ2n) is 7.69. The van der Waals surface area contributed by atoms with E-state index >= 15 is 0 Å². The van der Waals surface area contributed by atoms with Gasteiger partial charge in [0.15, 0.2) is 0 Å². The molecule has 5 rings (SSSR count). The second kappa shape index (κ2) is 7.49. The van der Waals surface area contributed by atoms with Gasteiger partial charge >= 0.3 is 6.03 Å². The molecule has 1 aliphatic rings. The number of amides is 3. The second-order valence-corrected chi connectivity index (χ2v) is 7.69. The number of hydrogen-bond acceptors (Lipinski definition) is 6. The number of aromatic nitrogens is 2. The van der Waals surface area contributed by atoms with Crippen LogP contribution >= 0.6 is 0 Å². The fourth-order valence-electron chi connectivity index (χ4n) is 4.08. The van der Waals surface area contributed by atoms with Crippen molar-refractivity contribution in [2.24, 2.45) is 0 Å². The van der Waals surface area contributed by atoms with Gasteiger partial charge in [-0.3, -0.25) is 9.69 Å². The molecular formula is C24H20N4O4. The van der Waals surface area contributed by atoms with E-state index in [9.17, 15) is 9.59 Å². The maximum atomic E-state index is 13.4. The van der Waals surface area contributed by atoms with Gasteiger partial charge in [0.2, 0.25) is 11.7 Å². The minimum Gasteiger partial charge on any atom is -0.496 e. The van der Waals surface area contributed by atoms with Crippen LogP contribution in [-0.2, 0) is 16.9 Å². The van der Waals surface area contributed by atoms with Crippen molar-refractivity contribution in [3.05, 3.63) is 78.2 Å². The summed E-state index contributed by atoms with van der Waals surface area (Å²) in [6.45, 7) is 1.58. The molecule has 1 fully saturated rings. The molecule has 160 valence electrons. The molecular weight excluding hydrogens is 408 g/mol. The Balaban J connectivity index is 1.45. The van der Waals surface area contributed by atoms with Gasteiger partial charge < -0.3 is 14.6 Å². The molecule has 8 heteroatoms. The van der Waals surface area contributed by atoms with Crippen molar-refractivity contribution in [2.45, 2.75) is 19.0 Å². The van der Waals surface area contributed by atoms with E-state index in [4.69, 9.17) is 9.26 Å². The number of imide groups is 1. The van der Waals surface area contributed by atoms with Gasteiger partial charge in [-0.05, 0) is 35.4 Å². The van der Waals surface area contributed by atoms with Crippen LogP contribution in [0.1, 0.15) is 18.4 Å².